The fourth-order valence-corrected chi connectivity index (χ4v) is 5.50. The first kappa shape index (κ1) is 26.2. The highest BCUT2D eigenvalue weighted by Gasteiger charge is 2.42. The number of nitrogens with one attached hydrogen (secondary N) is 2. The van der Waals surface area contributed by atoms with E-state index in [1.54, 1.807) is 6.92 Å². The molecule has 1 heterocycles. The van der Waals surface area contributed by atoms with Crippen molar-refractivity contribution in [3.05, 3.63) is 127 Å². The number of allylic oxidation sites excluding steroid dienone is 3. The summed E-state index contributed by atoms with van der Waals surface area (Å²) in [5.41, 5.74) is 1.34. The number of nitrogens with zero attached hydrogens (tertiary/aromatic N) is 1. The van der Waals surface area contributed by atoms with Crippen molar-refractivity contribution in [2.24, 2.45) is 0 Å². The van der Waals surface area contributed by atoms with Gasteiger partial charge in [0.2, 0.25) is 0 Å². The lowest BCUT2D eigenvalue weighted by Crippen LogP contribution is -2.37. The Labute approximate surface area is 227 Å². The minimum absolute atomic E-state index is 0.0229. The van der Waals surface area contributed by atoms with Crippen LogP contribution in [0.25, 0.3) is 0 Å². The Morgan fingerprint density at radius 1 is 1.05 bits per heavy atom. The van der Waals surface area contributed by atoms with Crippen molar-refractivity contribution in [1.82, 2.24) is 5.32 Å². The van der Waals surface area contributed by atoms with E-state index in [1.807, 2.05) is 30.3 Å². The van der Waals surface area contributed by atoms with E-state index in [4.69, 9.17) is 11.6 Å². The molecule has 5 rings (SSSR count). The van der Waals surface area contributed by atoms with Crippen LogP contribution in [0.4, 0.5) is 20.2 Å². The van der Waals surface area contributed by atoms with Crippen LogP contribution >= 0.6 is 11.6 Å². The molecule has 198 valence electrons. The fraction of sp³-hybridized carbons (Fsp3) is 0.172. The molecular formula is C29H22ClF2N3O4. The molecule has 1 aliphatic heterocycles. The number of nitro benzene ring substituents is 1. The number of hydrogen-bond donors (Lipinski definition) is 2. The summed E-state index contributed by atoms with van der Waals surface area (Å²) in [7, 11) is 0. The van der Waals surface area contributed by atoms with E-state index < -0.39 is 34.1 Å². The van der Waals surface area contributed by atoms with Crippen LogP contribution in [0.15, 0.2) is 89.3 Å². The van der Waals surface area contributed by atoms with E-state index in [1.165, 1.54) is 24.3 Å². The topological polar surface area (TPSA) is 101 Å². The number of carbonyl (C=O) groups excluding carboxylic acids is 2. The van der Waals surface area contributed by atoms with Gasteiger partial charge >= 0.3 is 0 Å². The van der Waals surface area contributed by atoms with E-state index in [0.29, 0.717) is 17.8 Å². The predicted octanol–water partition coefficient (Wildman–Crippen LogP) is 6.53. The third kappa shape index (κ3) is 4.93. The zero-order valence-corrected chi connectivity index (χ0v) is 21.4. The van der Waals surface area contributed by atoms with Gasteiger partial charge in [0, 0.05) is 52.0 Å². The Kier molecular flexibility index (Phi) is 7.01. The Bertz CT molecular complexity index is 1570. The van der Waals surface area contributed by atoms with Gasteiger partial charge in [0.1, 0.15) is 17.3 Å². The minimum atomic E-state index is -1.10. The number of Topliss-reactive ketones (excluding diaryl/α,β-unsaturated/α-hetero) is 1. The third-order valence-electron chi connectivity index (χ3n) is 7.05. The second-order valence-corrected chi connectivity index (χ2v) is 9.85. The molecule has 2 unspecified atom stereocenters. The summed E-state index contributed by atoms with van der Waals surface area (Å²) in [5.74, 6) is -4.32. The lowest BCUT2D eigenvalue weighted by Gasteiger charge is -2.37. The molecule has 10 heteroatoms. The number of amides is 1. The van der Waals surface area contributed by atoms with E-state index in [-0.39, 0.29) is 45.5 Å². The maximum atomic E-state index is 14.4. The number of para-hydroxylation sites is 1. The number of carbonyl (C=O) groups is 2. The Balaban J connectivity index is 1.64. The minimum Gasteiger partial charge on any atom is -0.362 e. The summed E-state index contributed by atoms with van der Waals surface area (Å²) >= 11 is 6.51. The number of ketones is 1. The summed E-state index contributed by atoms with van der Waals surface area (Å²) in [6.45, 7) is 1.60. The highest BCUT2D eigenvalue weighted by molar-refractivity contribution is 6.31. The predicted molar refractivity (Wildman–Crippen MR) is 142 cm³/mol. The number of hydrogen-bond acceptors (Lipinski definition) is 5. The van der Waals surface area contributed by atoms with Crippen molar-refractivity contribution < 1.29 is 23.3 Å². The van der Waals surface area contributed by atoms with Gasteiger partial charge in [0.05, 0.1) is 4.92 Å². The maximum Gasteiger partial charge on any atom is 0.269 e. The van der Waals surface area contributed by atoms with Crippen molar-refractivity contribution in [2.75, 3.05) is 5.32 Å². The Morgan fingerprint density at radius 2 is 1.74 bits per heavy atom. The van der Waals surface area contributed by atoms with Crippen molar-refractivity contribution in [2.45, 2.75) is 31.6 Å². The number of dihydropyridines is 1. The fourth-order valence-electron chi connectivity index (χ4n) is 5.28. The van der Waals surface area contributed by atoms with Gasteiger partial charge in [-0.25, -0.2) is 8.78 Å². The molecule has 2 aliphatic rings. The highest BCUT2D eigenvalue weighted by atomic mass is 35.5. The van der Waals surface area contributed by atoms with Gasteiger partial charge < -0.3 is 10.6 Å². The normalized spacial score (nSPS) is 18.9. The molecule has 7 nitrogen and oxygen atoms in total. The number of nitro groups is 1. The number of non-ortho nitro benzene ring substituents is 1. The lowest BCUT2D eigenvalue weighted by molar-refractivity contribution is -0.384. The first-order valence-corrected chi connectivity index (χ1v) is 12.5. The molecule has 0 spiro atoms. The Morgan fingerprint density at radius 3 is 2.41 bits per heavy atom. The molecule has 0 aromatic heterocycles. The van der Waals surface area contributed by atoms with Crippen LogP contribution < -0.4 is 10.6 Å². The summed E-state index contributed by atoms with van der Waals surface area (Å²) in [4.78, 5) is 38.3. The monoisotopic (exact) mass is 549 g/mol. The van der Waals surface area contributed by atoms with Gasteiger partial charge in [-0.15, -0.1) is 0 Å². The van der Waals surface area contributed by atoms with E-state index in [0.717, 1.165) is 17.7 Å². The summed E-state index contributed by atoms with van der Waals surface area (Å²) in [5, 5.41) is 17.1. The van der Waals surface area contributed by atoms with Crippen LogP contribution in [0, 0.1) is 21.7 Å². The standard InChI is InChI=1S/C29H22ClF2N3O4/c1-15-25(29(37)34-28-21(31)8-5-9-22(28)32)26(19-14-18(35(38)39)10-11-20(19)30)27-23(33-15)12-17(13-24(27)36)16-6-3-2-4-7-16/h2-11,14,17,26,33H,12-13H2,1H3,(H,34,37). The van der Waals surface area contributed by atoms with Crippen molar-refractivity contribution in [1.29, 1.82) is 0 Å². The van der Waals surface area contributed by atoms with E-state index >= 15 is 0 Å². The van der Waals surface area contributed by atoms with Crippen molar-refractivity contribution in [3.63, 3.8) is 0 Å². The van der Waals surface area contributed by atoms with E-state index in [2.05, 4.69) is 10.6 Å². The first-order valence-electron chi connectivity index (χ1n) is 12.1. The molecule has 2 atom stereocenters. The van der Waals surface area contributed by atoms with Gasteiger partial charge in [-0.2, -0.15) is 0 Å². The summed E-state index contributed by atoms with van der Waals surface area (Å²) < 4.78 is 28.8. The molecule has 0 bridgehead atoms. The van der Waals surface area contributed by atoms with Crippen molar-refractivity contribution >= 4 is 34.7 Å². The highest BCUT2D eigenvalue weighted by Crippen LogP contribution is 2.47. The Hall–Kier alpha value is -4.37. The maximum absolute atomic E-state index is 14.4. The number of anilines is 1. The molecule has 1 aliphatic carbocycles. The second-order valence-electron chi connectivity index (χ2n) is 9.44. The van der Waals surface area contributed by atoms with Gasteiger partial charge in [0.25, 0.3) is 11.6 Å². The number of benzene rings is 3. The van der Waals surface area contributed by atoms with Crippen molar-refractivity contribution in [3.8, 4) is 0 Å². The number of rotatable bonds is 5. The largest absolute Gasteiger partial charge is 0.362 e. The average molecular weight is 550 g/mol. The van der Waals surface area contributed by atoms with E-state index in [9.17, 15) is 28.5 Å². The van der Waals surface area contributed by atoms with Crippen LogP contribution in [0.1, 0.15) is 42.7 Å². The molecule has 3 aromatic carbocycles. The smallest absolute Gasteiger partial charge is 0.269 e. The molecule has 0 saturated heterocycles. The van der Waals surface area contributed by atoms with Gasteiger partial charge in [-0.1, -0.05) is 48.0 Å². The van der Waals surface area contributed by atoms with Crippen LogP contribution in [-0.2, 0) is 9.59 Å². The molecule has 1 amide bonds. The molecule has 0 saturated carbocycles. The van der Waals surface area contributed by atoms with Crippen LogP contribution in [0.5, 0.6) is 0 Å². The lowest BCUT2D eigenvalue weighted by atomic mass is 9.71. The zero-order valence-electron chi connectivity index (χ0n) is 20.6. The SMILES string of the molecule is CC1=C(C(=O)Nc2c(F)cccc2F)C(c2cc([N+](=O)[O-])ccc2Cl)C2=C(CC(c3ccccc3)CC2=O)N1. The third-order valence-corrected chi connectivity index (χ3v) is 7.39. The van der Waals surface area contributed by atoms with Gasteiger partial charge in [-0.05, 0) is 48.6 Å². The first-order chi connectivity index (χ1) is 18.7. The average Bonchev–Trinajstić information content (AvgIpc) is 2.90. The molecule has 3 aromatic rings. The molecule has 0 fully saturated rings. The van der Waals surface area contributed by atoms with Gasteiger partial charge in [0.15, 0.2) is 5.78 Å². The molecular weight excluding hydrogens is 528 g/mol. The molecule has 0 radical (unpaired) electrons. The molecule has 39 heavy (non-hydrogen) atoms. The van der Waals surface area contributed by atoms with Crippen LogP contribution in [-0.4, -0.2) is 16.6 Å². The quantitative estimate of drug-likeness (QED) is 0.278. The summed E-state index contributed by atoms with van der Waals surface area (Å²) in [6, 6.07) is 16.5. The zero-order chi connectivity index (χ0) is 27.8. The van der Waals surface area contributed by atoms with Crippen LogP contribution in [0.3, 0.4) is 0 Å². The van der Waals surface area contributed by atoms with Crippen LogP contribution in [0.2, 0.25) is 5.02 Å². The number of halogens is 3. The summed E-state index contributed by atoms with van der Waals surface area (Å²) in [6.07, 6.45) is 0.589. The second kappa shape index (κ2) is 10.4. The van der Waals surface area contributed by atoms with Gasteiger partial charge in [-0.3, -0.25) is 19.7 Å². The molecule has 2 N–H and O–H groups in total.